The summed E-state index contributed by atoms with van der Waals surface area (Å²) < 4.78 is 5.57. The number of amides is 1. The first-order valence-corrected chi connectivity index (χ1v) is 10.3. The molecule has 0 bridgehead atoms. The third kappa shape index (κ3) is 4.12. The van der Waals surface area contributed by atoms with Crippen molar-refractivity contribution < 1.29 is 19.1 Å². The predicted octanol–water partition coefficient (Wildman–Crippen LogP) is 4.99. The molecule has 0 fully saturated rings. The molecular weight excluding hydrogens is 390 g/mol. The summed E-state index contributed by atoms with van der Waals surface area (Å²) in [5, 5.41) is 2.73. The van der Waals surface area contributed by atoms with Crippen LogP contribution in [-0.2, 0) is 4.79 Å². The van der Waals surface area contributed by atoms with E-state index in [0.717, 1.165) is 6.42 Å². The zero-order valence-electron chi connectivity index (χ0n) is 17.5. The van der Waals surface area contributed by atoms with Gasteiger partial charge in [-0.25, -0.2) is 0 Å². The maximum Gasteiger partial charge on any atom is 0.262 e. The van der Waals surface area contributed by atoms with Crippen LogP contribution < -0.4 is 10.1 Å². The average molecular weight is 413 g/mol. The molecule has 1 aliphatic carbocycles. The monoisotopic (exact) mass is 413 g/mol. The zero-order valence-corrected chi connectivity index (χ0v) is 17.5. The van der Waals surface area contributed by atoms with E-state index >= 15 is 0 Å². The van der Waals surface area contributed by atoms with Crippen LogP contribution in [0.25, 0.3) is 0 Å². The summed E-state index contributed by atoms with van der Waals surface area (Å²) in [6, 6.07) is 19.2. The van der Waals surface area contributed by atoms with Gasteiger partial charge in [-0.15, -0.1) is 0 Å². The Labute approximate surface area is 181 Å². The van der Waals surface area contributed by atoms with Gasteiger partial charge in [0.05, 0.1) is 0 Å². The van der Waals surface area contributed by atoms with Crippen molar-refractivity contribution in [3.05, 3.63) is 94.5 Å². The molecule has 0 aromatic heterocycles. The van der Waals surface area contributed by atoms with Crippen molar-refractivity contribution in [3.63, 3.8) is 0 Å². The molecule has 1 N–H and O–H groups in total. The second-order valence-electron chi connectivity index (χ2n) is 7.68. The van der Waals surface area contributed by atoms with E-state index in [1.807, 2.05) is 24.3 Å². The van der Waals surface area contributed by atoms with Gasteiger partial charge in [-0.3, -0.25) is 14.4 Å². The van der Waals surface area contributed by atoms with Crippen LogP contribution in [0.2, 0.25) is 0 Å². The van der Waals surface area contributed by atoms with E-state index in [1.165, 1.54) is 5.56 Å². The summed E-state index contributed by atoms with van der Waals surface area (Å²) in [5.41, 5.74) is 3.11. The standard InChI is InChI=1S/C26H23NO4/c1-3-16(2)17-8-11-19(12-9-17)31-15-24(28)27-18-10-13-22-23(14-18)26(30)21-7-5-4-6-20(21)25(22)29/h4-14,16H,3,15H2,1-2H3,(H,27,28). The predicted molar refractivity (Wildman–Crippen MR) is 119 cm³/mol. The second kappa shape index (κ2) is 8.56. The lowest BCUT2D eigenvalue weighted by molar-refractivity contribution is -0.118. The summed E-state index contributed by atoms with van der Waals surface area (Å²) >= 11 is 0. The summed E-state index contributed by atoms with van der Waals surface area (Å²) in [5.74, 6) is 0.333. The highest BCUT2D eigenvalue weighted by Crippen LogP contribution is 2.29. The van der Waals surface area contributed by atoms with E-state index < -0.39 is 0 Å². The Bertz CT molecular complexity index is 1160. The minimum atomic E-state index is -0.346. The zero-order chi connectivity index (χ0) is 22.0. The molecule has 0 saturated carbocycles. The molecule has 5 nitrogen and oxygen atoms in total. The normalized spacial score (nSPS) is 13.2. The number of ether oxygens (including phenoxy) is 1. The number of fused-ring (bicyclic) bond motifs is 2. The lowest BCUT2D eigenvalue weighted by Crippen LogP contribution is -2.23. The molecule has 3 aromatic carbocycles. The first kappa shape index (κ1) is 20.5. The first-order valence-electron chi connectivity index (χ1n) is 10.3. The van der Waals surface area contributed by atoms with Crippen molar-refractivity contribution in [2.24, 2.45) is 0 Å². The number of rotatable bonds is 6. The maximum absolute atomic E-state index is 12.8. The number of benzene rings is 3. The molecule has 0 spiro atoms. The van der Waals surface area contributed by atoms with Crippen LogP contribution in [0.4, 0.5) is 5.69 Å². The maximum atomic E-state index is 12.8. The van der Waals surface area contributed by atoms with Gasteiger partial charge in [0.25, 0.3) is 5.91 Å². The fourth-order valence-electron chi connectivity index (χ4n) is 3.65. The van der Waals surface area contributed by atoms with Gasteiger partial charge in [-0.2, -0.15) is 0 Å². The number of ketones is 2. The number of carbonyl (C=O) groups excluding carboxylic acids is 3. The van der Waals surface area contributed by atoms with Gasteiger partial charge >= 0.3 is 0 Å². The largest absolute Gasteiger partial charge is 0.484 e. The van der Waals surface area contributed by atoms with Gasteiger partial charge in [-0.05, 0) is 48.2 Å². The van der Waals surface area contributed by atoms with Gasteiger partial charge in [0.15, 0.2) is 18.2 Å². The number of carbonyl (C=O) groups is 3. The van der Waals surface area contributed by atoms with Crippen LogP contribution >= 0.6 is 0 Å². The summed E-state index contributed by atoms with van der Waals surface area (Å²) in [6.07, 6.45) is 1.06. The van der Waals surface area contributed by atoms with Gasteiger partial charge in [0, 0.05) is 27.9 Å². The highest BCUT2D eigenvalue weighted by molar-refractivity contribution is 6.28. The molecule has 0 saturated heterocycles. The summed E-state index contributed by atoms with van der Waals surface area (Å²) in [6.45, 7) is 4.15. The van der Waals surface area contributed by atoms with Crippen LogP contribution in [0.15, 0.2) is 66.7 Å². The minimum Gasteiger partial charge on any atom is -0.484 e. The van der Waals surface area contributed by atoms with Crippen molar-refractivity contribution in [1.82, 2.24) is 0 Å². The molecule has 1 amide bonds. The van der Waals surface area contributed by atoms with Crippen molar-refractivity contribution >= 4 is 23.2 Å². The van der Waals surface area contributed by atoms with Crippen LogP contribution in [0.3, 0.4) is 0 Å². The number of anilines is 1. The Morgan fingerprint density at radius 1 is 0.871 bits per heavy atom. The fraction of sp³-hybridized carbons (Fsp3) is 0.192. The molecule has 5 heteroatoms. The molecule has 0 radical (unpaired) electrons. The molecular formula is C26H23NO4. The van der Waals surface area contributed by atoms with E-state index in [9.17, 15) is 14.4 Å². The van der Waals surface area contributed by atoms with Crippen LogP contribution in [0.1, 0.15) is 63.6 Å². The molecule has 1 unspecified atom stereocenters. The first-order chi connectivity index (χ1) is 15.0. The van der Waals surface area contributed by atoms with Crippen LogP contribution in [0, 0.1) is 0 Å². The lowest BCUT2D eigenvalue weighted by Gasteiger charge is -2.18. The molecule has 4 rings (SSSR count). The number of nitrogens with one attached hydrogen (secondary N) is 1. The third-order valence-corrected chi connectivity index (χ3v) is 5.64. The number of hydrogen-bond acceptors (Lipinski definition) is 4. The third-order valence-electron chi connectivity index (χ3n) is 5.64. The molecule has 0 heterocycles. The van der Waals surface area contributed by atoms with Crippen molar-refractivity contribution in [3.8, 4) is 5.75 Å². The Morgan fingerprint density at radius 2 is 1.48 bits per heavy atom. The van der Waals surface area contributed by atoms with E-state index in [-0.39, 0.29) is 24.1 Å². The molecule has 1 aliphatic rings. The van der Waals surface area contributed by atoms with Gasteiger partial charge in [-0.1, -0.05) is 50.2 Å². The van der Waals surface area contributed by atoms with Crippen molar-refractivity contribution in [1.29, 1.82) is 0 Å². The Hall–Kier alpha value is -3.73. The molecule has 0 aliphatic heterocycles. The Morgan fingerprint density at radius 3 is 2.13 bits per heavy atom. The van der Waals surface area contributed by atoms with Crippen molar-refractivity contribution in [2.75, 3.05) is 11.9 Å². The lowest BCUT2D eigenvalue weighted by atomic mass is 9.84. The smallest absolute Gasteiger partial charge is 0.262 e. The van der Waals surface area contributed by atoms with Gasteiger partial charge in [0.1, 0.15) is 5.75 Å². The Kier molecular flexibility index (Phi) is 5.67. The van der Waals surface area contributed by atoms with Gasteiger partial charge in [0.2, 0.25) is 0 Å². The SMILES string of the molecule is CCC(C)c1ccc(OCC(=O)Nc2ccc3c(c2)C(=O)c2ccccc2C3=O)cc1. The molecule has 3 aromatic rings. The van der Waals surface area contributed by atoms with Crippen LogP contribution in [0.5, 0.6) is 5.75 Å². The molecule has 156 valence electrons. The fourth-order valence-corrected chi connectivity index (χ4v) is 3.65. The van der Waals surface area contributed by atoms with E-state index in [4.69, 9.17) is 4.74 Å². The quantitative estimate of drug-likeness (QED) is 0.483. The van der Waals surface area contributed by atoms with Crippen LogP contribution in [-0.4, -0.2) is 24.1 Å². The summed E-state index contributed by atoms with van der Waals surface area (Å²) in [4.78, 5) is 37.8. The minimum absolute atomic E-state index is 0.157. The topological polar surface area (TPSA) is 72.5 Å². The molecule has 1 atom stereocenters. The Balaban J connectivity index is 1.43. The van der Waals surface area contributed by atoms with Crippen molar-refractivity contribution in [2.45, 2.75) is 26.2 Å². The highest BCUT2D eigenvalue weighted by atomic mass is 16.5. The van der Waals surface area contributed by atoms with E-state index in [2.05, 4.69) is 19.2 Å². The average Bonchev–Trinajstić information content (AvgIpc) is 2.81. The van der Waals surface area contributed by atoms with E-state index in [0.29, 0.717) is 39.6 Å². The highest BCUT2D eigenvalue weighted by Gasteiger charge is 2.29. The summed E-state index contributed by atoms with van der Waals surface area (Å²) in [7, 11) is 0. The number of hydrogen-bond donors (Lipinski definition) is 1. The molecule has 31 heavy (non-hydrogen) atoms. The van der Waals surface area contributed by atoms with E-state index in [1.54, 1.807) is 42.5 Å². The second-order valence-corrected chi connectivity index (χ2v) is 7.68. The van der Waals surface area contributed by atoms with Gasteiger partial charge < -0.3 is 10.1 Å².